The Balaban J connectivity index is 1.69. The van der Waals surface area contributed by atoms with Gasteiger partial charge in [-0.2, -0.15) is 0 Å². The lowest BCUT2D eigenvalue weighted by Crippen LogP contribution is -2.37. The first-order valence-corrected chi connectivity index (χ1v) is 9.37. The van der Waals surface area contributed by atoms with Gasteiger partial charge in [0.05, 0.1) is 25.2 Å². The molecule has 128 valence electrons. The van der Waals surface area contributed by atoms with E-state index in [-0.39, 0.29) is 16.6 Å². The van der Waals surface area contributed by atoms with Crippen LogP contribution in [0.3, 0.4) is 0 Å². The first kappa shape index (κ1) is 17.2. The van der Waals surface area contributed by atoms with Gasteiger partial charge in [0.25, 0.3) is 0 Å². The van der Waals surface area contributed by atoms with Gasteiger partial charge in [-0.05, 0) is 25.3 Å². The summed E-state index contributed by atoms with van der Waals surface area (Å²) in [5, 5.41) is 0.0951. The van der Waals surface area contributed by atoms with Gasteiger partial charge in [-0.25, -0.2) is 4.98 Å². The van der Waals surface area contributed by atoms with Crippen LogP contribution in [-0.2, 0) is 4.74 Å². The molecule has 5 heteroatoms. The quantitative estimate of drug-likeness (QED) is 0.756. The number of methoxy groups -OCH3 is 1. The van der Waals surface area contributed by atoms with E-state index in [0.29, 0.717) is 5.69 Å². The zero-order valence-corrected chi connectivity index (χ0v) is 15.1. The first-order valence-electron chi connectivity index (χ1n) is 8.38. The Morgan fingerprint density at radius 2 is 2.12 bits per heavy atom. The lowest BCUT2D eigenvalue weighted by molar-refractivity contribution is 0.0371. The van der Waals surface area contributed by atoms with Gasteiger partial charge in [0, 0.05) is 18.3 Å². The molecule has 24 heavy (non-hydrogen) atoms. The standard InChI is InChI=1S/C19H24N2O2S/c1-15(16-7-4-3-5-8-16)21-14-20-11-17(21)18(22)24-13-19(12-23-2)9-6-10-19/h3-5,7-8,11,14-15H,6,9-10,12-13H2,1-2H3/t15-/m1/s1. The van der Waals surface area contributed by atoms with Gasteiger partial charge in [-0.15, -0.1) is 0 Å². The van der Waals surface area contributed by atoms with E-state index in [1.807, 2.05) is 22.8 Å². The number of rotatable bonds is 7. The van der Waals surface area contributed by atoms with Crippen LogP contribution < -0.4 is 0 Å². The maximum absolute atomic E-state index is 12.7. The summed E-state index contributed by atoms with van der Waals surface area (Å²) in [4.78, 5) is 16.9. The molecular weight excluding hydrogens is 320 g/mol. The topological polar surface area (TPSA) is 44.1 Å². The zero-order chi connectivity index (χ0) is 17.0. The van der Waals surface area contributed by atoms with Crippen LogP contribution in [0.5, 0.6) is 0 Å². The van der Waals surface area contributed by atoms with Crippen LogP contribution in [0.2, 0.25) is 0 Å². The summed E-state index contributed by atoms with van der Waals surface area (Å²) in [5.41, 5.74) is 2.03. The number of thioether (sulfide) groups is 1. The van der Waals surface area contributed by atoms with Crippen molar-refractivity contribution in [2.75, 3.05) is 19.5 Å². The molecular formula is C19H24N2O2S. The third kappa shape index (κ3) is 3.57. The molecule has 0 amide bonds. The van der Waals surface area contributed by atoms with Crippen molar-refractivity contribution < 1.29 is 9.53 Å². The van der Waals surface area contributed by atoms with Gasteiger partial charge in [0.2, 0.25) is 5.12 Å². The van der Waals surface area contributed by atoms with Gasteiger partial charge in [0.15, 0.2) is 0 Å². The van der Waals surface area contributed by atoms with Crippen LogP contribution in [0, 0.1) is 5.41 Å². The Morgan fingerprint density at radius 3 is 2.75 bits per heavy atom. The van der Waals surface area contributed by atoms with Crippen molar-refractivity contribution in [3.8, 4) is 0 Å². The van der Waals surface area contributed by atoms with Crippen molar-refractivity contribution in [3.05, 3.63) is 54.1 Å². The minimum Gasteiger partial charge on any atom is -0.384 e. The normalized spacial score (nSPS) is 17.2. The van der Waals surface area contributed by atoms with Crippen LogP contribution in [0.4, 0.5) is 0 Å². The second-order valence-corrected chi connectivity index (χ2v) is 7.58. The maximum atomic E-state index is 12.7. The lowest BCUT2D eigenvalue weighted by atomic mass is 9.71. The number of aromatic nitrogens is 2. The average molecular weight is 344 g/mol. The minimum atomic E-state index is 0.0879. The zero-order valence-electron chi connectivity index (χ0n) is 14.3. The predicted molar refractivity (Wildman–Crippen MR) is 97.4 cm³/mol. The Kier molecular flexibility index (Phi) is 5.41. The van der Waals surface area contributed by atoms with Gasteiger partial charge in [-0.3, -0.25) is 4.79 Å². The highest BCUT2D eigenvalue weighted by atomic mass is 32.2. The molecule has 1 aromatic carbocycles. The molecule has 0 aliphatic heterocycles. The highest BCUT2D eigenvalue weighted by Gasteiger charge is 2.37. The highest BCUT2D eigenvalue weighted by molar-refractivity contribution is 8.14. The molecule has 0 bridgehead atoms. The molecule has 1 aliphatic carbocycles. The number of carbonyl (C=O) groups excluding carboxylic acids is 1. The molecule has 2 aromatic rings. The van der Waals surface area contributed by atoms with Gasteiger partial charge in [0.1, 0.15) is 5.69 Å². The molecule has 3 rings (SSSR count). The summed E-state index contributed by atoms with van der Waals surface area (Å²) < 4.78 is 7.32. The van der Waals surface area contributed by atoms with Gasteiger partial charge in [-0.1, -0.05) is 48.5 Å². The van der Waals surface area contributed by atoms with Crippen LogP contribution in [0.25, 0.3) is 0 Å². The number of benzene rings is 1. The van der Waals surface area contributed by atoms with E-state index < -0.39 is 0 Å². The van der Waals surface area contributed by atoms with Crippen LogP contribution in [0.15, 0.2) is 42.9 Å². The number of nitrogens with zero attached hydrogens (tertiary/aromatic N) is 2. The summed E-state index contributed by atoms with van der Waals surface area (Å²) in [5.74, 6) is 0.824. The number of carbonyl (C=O) groups is 1. The van der Waals surface area contributed by atoms with E-state index in [9.17, 15) is 4.79 Å². The molecule has 0 N–H and O–H groups in total. The number of imidazole rings is 1. The summed E-state index contributed by atoms with van der Waals surface area (Å²) in [7, 11) is 1.74. The Labute approximate surface area is 147 Å². The predicted octanol–water partition coefficient (Wildman–Crippen LogP) is 4.18. The largest absolute Gasteiger partial charge is 0.384 e. The number of hydrogen-bond acceptors (Lipinski definition) is 4. The van der Waals surface area contributed by atoms with Crippen LogP contribution >= 0.6 is 11.8 Å². The van der Waals surface area contributed by atoms with Crippen molar-refractivity contribution in [2.24, 2.45) is 5.41 Å². The second kappa shape index (κ2) is 7.53. The van der Waals surface area contributed by atoms with E-state index in [1.165, 1.54) is 23.7 Å². The summed E-state index contributed by atoms with van der Waals surface area (Å²) in [6.07, 6.45) is 6.97. The third-order valence-electron chi connectivity index (χ3n) is 4.95. The van der Waals surface area contributed by atoms with Crippen molar-refractivity contribution in [1.29, 1.82) is 0 Å². The molecule has 1 fully saturated rings. The molecule has 0 saturated heterocycles. The SMILES string of the molecule is COCC1(CSC(=O)c2cncn2[C@H](C)c2ccccc2)CCC1. The fourth-order valence-corrected chi connectivity index (χ4v) is 4.38. The molecule has 1 heterocycles. The summed E-state index contributed by atoms with van der Waals surface area (Å²) >= 11 is 1.40. The van der Waals surface area contributed by atoms with E-state index >= 15 is 0 Å². The monoisotopic (exact) mass is 344 g/mol. The molecule has 0 unspecified atom stereocenters. The van der Waals surface area contributed by atoms with Crippen LogP contribution in [-0.4, -0.2) is 34.1 Å². The minimum absolute atomic E-state index is 0.0879. The molecule has 1 atom stereocenters. The summed E-state index contributed by atoms with van der Waals surface area (Å²) in [6.45, 7) is 2.84. The number of hydrogen-bond donors (Lipinski definition) is 0. The highest BCUT2D eigenvalue weighted by Crippen LogP contribution is 2.44. The smallest absolute Gasteiger partial charge is 0.237 e. The third-order valence-corrected chi connectivity index (χ3v) is 6.18. The summed E-state index contributed by atoms with van der Waals surface area (Å²) in [6, 6.07) is 10.3. The van der Waals surface area contributed by atoms with Gasteiger partial charge < -0.3 is 9.30 Å². The molecule has 0 spiro atoms. The van der Waals surface area contributed by atoms with Crippen molar-refractivity contribution in [2.45, 2.75) is 32.2 Å². The fraction of sp³-hybridized carbons (Fsp3) is 0.474. The van der Waals surface area contributed by atoms with Gasteiger partial charge >= 0.3 is 0 Å². The maximum Gasteiger partial charge on any atom is 0.237 e. The lowest BCUT2D eigenvalue weighted by Gasteiger charge is -2.40. The van der Waals surface area contributed by atoms with E-state index in [4.69, 9.17) is 4.74 Å². The molecule has 4 nitrogen and oxygen atoms in total. The Bertz CT molecular complexity index is 680. The molecule has 1 aromatic heterocycles. The van der Waals surface area contributed by atoms with E-state index in [0.717, 1.165) is 25.2 Å². The van der Waals surface area contributed by atoms with E-state index in [2.05, 4.69) is 24.0 Å². The van der Waals surface area contributed by atoms with E-state index in [1.54, 1.807) is 19.6 Å². The Hall–Kier alpha value is -1.59. The average Bonchev–Trinajstić information content (AvgIpc) is 3.06. The second-order valence-electron chi connectivity index (χ2n) is 6.64. The van der Waals surface area contributed by atoms with Crippen molar-refractivity contribution in [1.82, 2.24) is 9.55 Å². The Morgan fingerprint density at radius 1 is 1.38 bits per heavy atom. The fourth-order valence-electron chi connectivity index (χ4n) is 3.27. The van der Waals surface area contributed by atoms with Crippen molar-refractivity contribution in [3.63, 3.8) is 0 Å². The first-order chi connectivity index (χ1) is 11.7. The number of ether oxygens (including phenoxy) is 1. The molecule has 0 radical (unpaired) electrons. The molecule has 1 aliphatic rings. The van der Waals surface area contributed by atoms with Crippen LogP contribution in [0.1, 0.15) is 48.3 Å². The molecule has 1 saturated carbocycles. The van der Waals surface area contributed by atoms with Crippen molar-refractivity contribution >= 4 is 16.9 Å².